The van der Waals surface area contributed by atoms with Gasteiger partial charge in [0.15, 0.2) is 0 Å². The van der Waals surface area contributed by atoms with Crippen LogP contribution in [0.3, 0.4) is 0 Å². The Balaban J connectivity index is 3.14. The predicted octanol–water partition coefficient (Wildman–Crippen LogP) is 3.74. The van der Waals surface area contributed by atoms with Crippen molar-refractivity contribution in [2.75, 3.05) is 6.61 Å². The summed E-state index contributed by atoms with van der Waals surface area (Å²) in [5, 5.41) is 8.49. The van der Waals surface area contributed by atoms with Crippen molar-refractivity contribution in [3.8, 4) is 5.75 Å². The van der Waals surface area contributed by atoms with E-state index in [9.17, 15) is 31.1 Å². The Morgan fingerprint density at radius 2 is 1.48 bits per heavy atom. The van der Waals surface area contributed by atoms with Gasteiger partial charge in [0.05, 0.1) is 16.7 Å². The number of alkyl halides is 6. The van der Waals surface area contributed by atoms with Gasteiger partial charge in [-0.15, -0.1) is 0 Å². The van der Waals surface area contributed by atoms with E-state index in [1.165, 1.54) is 0 Å². The first-order valence-electron chi connectivity index (χ1n) is 5.24. The molecule has 1 aromatic carbocycles. The van der Waals surface area contributed by atoms with Crippen LogP contribution in [0.15, 0.2) is 30.4 Å². The summed E-state index contributed by atoms with van der Waals surface area (Å²) >= 11 is 0. The Morgan fingerprint density at radius 3 is 1.81 bits per heavy atom. The number of hydrogen-bond acceptors (Lipinski definition) is 2. The maximum absolute atomic E-state index is 12.5. The van der Waals surface area contributed by atoms with Gasteiger partial charge in [-0.2, -0.15) is 26.3 Å². The zero-order valence-electron chi connectivity index (χ0n) is 10.2. The molecular formula is C12H8F6O3. The quantitative estimate of drug-likeness (QED) is 0.680. The SMILES string of the molecule is C=C(COc1cc(C(F)(F)F)cc(C(F)(F)F)c1)C(=O)O. The topological polar surface area (TPSA) is 46.5 Å². The molecule has 116 valence electrons. The number of carbonyl (C=O) groups is 1. The molecule has 0 aliphatic rings. The van der Waals surface area contributed by atoms with Crippen molar-refractivity contribution in [3.63, 3.8) is 0 Å². The maximum Gasteiger partial charge on any atom is 0.416 e. The summed E-state index contributed by atoms with van der Waals surface area (Å²) in [6.45, 7) is 2.30. The van der Waals surface area contributed by atoms with Crippen molar-refractivity contribution < 1.29 is 41.0 Å². The van der Waals surface area contributed by atoms with Gasteiger partial charge in [0.25, 0.3) is 0 Å². The van der Waals surface area contributed by atoms with Crippen LogP contribution in [-0.2, 0) is 17.1 Å². The number of benzene rings is 1. The fraction of sp³-hybridized carbons (Fsp3) is 0.250. The van der Waals surface area contributed by atoms with Crippen LogP contribution >= 0.6 is 0 Å². The van der Waals surface area contributed by atoms with E-state index in [1.807, 2.05) is 0 Å². The normalized spacial score (nSPS) is 12.1. The molecule has 0 aromatic heterocycles. The standard InChI is InChI=1S/C12H8F6O3/c1-6(10(19)20)5-21-9-3-7(11(13,14)15)2-8(4-9)12(16,17)18/h2-4H,1,5H2,(H,19,20). The second kappa shape index (κ2) is 5.66. The van der Waals surface area contributed by atoms with E-state index in [-0.39, 0.29) is 6.07 Å². The zero-order valence-corrected chi connectivity index (χ0v) is 10.2. The third kappa shape index (κ3) is 4.69. The first kappa shape index (κ1) is 16.9. The Labute approximate surface area is 114 Å². The van der Waals surface area contributed by atoms with Crippen LogP contribution in [0.25, 0.3) is 0 Å². The smallest absolute Gasteiger partial charge is 0.416 e. The molecule has 3 nitrogen and oxygen atoms in total. The van der Waals surface area contributed by atoms with E-state index in [4.69, 9.17) is 5.11 Å². The Morgan fingerprint density at radius 1 is 1.05 bits per heavy atom. The second-order valence-corrected chi connectivity index (χ2v) is 3.94. The van der Waals surface area contributed by atoms with Crippen LogP contribution in [0.4, 0.5) is 26.3 Å². The van der Waals surface area contributed by atoms with Gasteiger partial charge in [-0.25, -0.2) is 4.79 Å². The first-order valence-corrected chi connectivity index (χ1v) is 5.24. The van der Waals surface area contributed by atoms with E-state index in [2.05, 4.69) is 11.3 Å². The lowest BCUT2D eigenvalue weighted by molar-refractivity contribution is -0.143. The van der Waals surface area contributed by atoms with E-state index in [1.54, 1.807) is 0 Å². The lowest BCUT2D eigenvalue weighted by atomic mass is 10.1. The molecule has 9 heteroatoms. The van der Waals surface area contributed by atoms with Gasteiger partial charge >= 0.3 is 18.3 Å². The molecule has 1 rings (SSSR count). The first-order chi connectivity index (χ1) is 9.41. The molecule has 1 N–H and O–H groups in total. The minimum Gasteiger partial charge on any atom is -0.489 e. The molecule has 21 heavy (non-hydrogen) atoms. The summed E-state index contributed by atoms with van der Waals surface area (Å²) in [7, 11) is 0. The zero-order chi connectivity index (χ0) is 16.4. The summed E-state index contributed by atoms with van der Waals surface area (Å²) in [5.74, 6) is -2.22. The molecule has 0 aliphatic heterocycles. The highest BCUT2D eigenvalue weighted by Gasteiger charge is 2.37. The maximum atomic E-state index is 12.5. The lowest BCUT2D eigenvalue weighted by Gasteiger charge is -2.14. The Bertz CT molecular complexity index is 527. The molecule has 0 spiro atoms. The monoisotopic (exact) mass is 314 g/mol. The van der Waals surface area contributed by atoms with Crippen LogP contribution in [0.1, 0.15) is 11.1 Å². The van der Waals surface area contributed by atoms with Crippen molar-refractivity contribution in [1.82, 2.24) is 0 Å². The van der Waals surface area contributed by atoms with E-state index in [0.717, 1.165) is 0 Å². The van der Waals surface area contributed by atoms with Crippen molar-refractivity contribution in [1.29, 1.82) is 0 Å². The van der Waals surface area contributed by atoms with Crippen molar-refractivity contribution >= 4 is 5.97 Å². The van der Waals surface area contributed by atoms with Crippen LogP contribution in [-0.4, -0.2) is 17.7 Å². The van der Waals surface area contributed by atoms with Gasteiger partial charge in [-0.1, -0.05) is 6.58 Å². The predicted molar refractivity (Wildman–Crippen MR) is 58.7 cm³/mol. The van der Waals surface area contributed by atoms with Crippen molar-refractivity contribution in [2.45, 2.75) is 12.4 Å². The summed E-state index contributed by atoms with van der Waals surface area (Å²) in [5.41, 5.74) is -3.61. The number of halogens is 6. The van der Waals surface area contributed by atoms with Gasteiger partial charge in [0.1, 0.15) is 12.4 Å². The van der Waals surface area contributed by atoms with Crippen LogP contribution in [0.5, 0.6) is 5.75 Å². The van der Waals surface area contributed by atoms with Crippen molar-refractivity contribution in [3.05, 3.63) is 41.5 Å². The molecular weight excluding hydrogens is 306 g/mol. The van der Waals surface area contributed by atoms with Crippen molar-refractivity contribution in [2.24, 2.45) is 0 Å². The average Bonchev–Trinajstić information content (AvgIpc) is 2.33. The lowest BCUT2D eigenvalue weighted by Crippen LogP contribution is -2.13. The number of aliphatic carboxylic acids is 1. The highest BCUT2D eigenvalue weighted by molar-refractivity contribution is 5.86. The summed E-state index contributed by atoms with van der Waals surface area (Å²) in [6.07, 6.45) is -9.99. The molecule has 0 saturated heterocycles. The Kier molecular flexibility index (Phi) is 4.55. The molecule has 0 radical (unpaired) electrons. The van der Waals surface area contributed by atoms with Gasteiger partial charge < -0.3 is 9.84 Å². The van der Waals surface area contributed by atoms with Crippen LogP contribution in [0, 0.1) is 0 Å². The largest absolute Gasteiger partial charge is 0.489 e. The number of hydrogen-bond donors (Lipinski definition) is 1. The highest BCUT2D eigenvalue weighted by atomic mass is 19.4. The molecule has 0 aliphatic carbocycles. The van der Waals surface area contributed by atoms with E-state index in [0.29, 0.717) is 12.1 Å². The number of rotatable bonds is 4. The minimum absolute atomic E-state index is 0.0567. The van der Waals surface area contributed by atoms with E-state index < -0.39 is 47.4 Å². The molecule has 0 saturated carbocycles. The molecule has 1 aromatic rings. The Hall–Kier alpha value is -2.19. The molecule has 0 amide bonds. The molecule has 0 atom stereocenters. The van der Waals surface area contributed by atoms with E-state index >= 15 is 0 Å². The summed E-state index contributed by atoms with van der Waals surface area (Å²) in [4.78, 5) is 10.4. The highest BCUT2D eigenvalue weighted by Crippen LogP contribution is 2.38. The van der Waals surface area contributed by atoms with Gasteiger partial charge in [0.2, 0.25) is 0 Å². The molecule has 0 heterocycles. The fourth-order valence-corrected chi connectivity index (χ4v) is 1.24. The molecule has 0 fully saturated rings. The second-order valence-electron chi connectivity index (χ2n) is 3.94. The average molecular weight is 314 g/mol. The summed E-state index contributed by atoms with van der Waals surface area (Å²) < 4.78 is 79.8. The number of carboxylic acid groups (broad SMARTS) is 1. The minimum atomic E-state index is -5.00. The molecule has 0 bridgehead atoms. The van der Waals surface area contributed by atoms with Gasteiger partial charge in [-0.05, 0) is 18.2 Å². The third-order valence-electron chi connectivity index (χ3n) is 2.28. The van der Waals surface area contributed by atoms with Crippen LogP contribution < -0.4 is 4.74 Å². The van der Waals surface area contributed by atoms with Crippen LogP contribution in [0.2, 0.25) is 0 Å². The third-order valence-corrected chi connectivity index (χ3v) is 2.28. The number of ether oxygens (including phenoxy) is 1. The number of carboxylic acids is 1. The van der Waals surface area contributed by atoms with Gasteiger partial charge in [0, 0.05) is 0 Å². The van der Waals surface area contributed by atoms with Gasteiger partial charge in [-0.3, -0.25) is 0 Å². The fourth-order valence-electron chi connectivity index (χ4n) is 1.24. The molecule has 0 unspecified atom stereocenters. The summed E-state index contributed by atoms with van der Waals surface area (Å²) in [6, 6.07) is 0.646.